The van der Waals surface area contributed by atoms with Crippen molar-refractivity contribution >= 4 is 5.82 Å². The van der Waals surface area contributed by atoms with Crippen LogP contribution in [0.1, 0.15) is 31.0 Å². The average Bonchev–Trinajstić information content (AvgIpc) is 3.02. The molecule has 0 saturated heterocycles. The lowest BCUT2D eigenvalue weighted by Crippen LogP contribution is -2.23. The van der Waals surface area contributed by atoms with Gasteiger partial charge in [0, 0.05) is 38.8 Å². The van der Waals surface area contributed by atoms with Crippen LogP contribution in [0.2, 0.25) is 0 Å². The molecule has 90 valence electrons. The first-order valence-electron chi connectivity index (χ1n) is 6.10. The molecule has 2 rings (SSSR count). The second kappa shape index (κ2) is 4.45. The highest BCUT2D eigenvalue weighted by atomic mass is 15.4. The van der Waals surface area contributed by atoms with E-state index in [2.05, 4.69) is 36.2 Å². The molecule has 0 aromatic carbocycles. The van der Waals surface area contributed by atoms with Crippen molar-refractivity contribution in [2.24, 2.45) is 7.05 Å². The lowest BCUT2D eigenvalue weighted by molar-refractivity contribution is 0.681. The summed E-state index contributed by atoms with van der Waals surface area (Å²) in [6, 6.07) is 0.749. The highest BCUT2D eigenvalue weighted by Crippen LogP contribution is 2.24. The van der Waals surface area contributed by atoms with E-state index in [1.54, 1.807) is 0 Å². The minimum atomic E-state index is 0.749. The molecule has 0 radical (unpaired) electrons. The molecule has 1 N–H and O–H groups in total. The van der Waals surface area contributed by atoms with Crippen molar-refractivity contribution in [3.63, 3.8) is 0 Å². The van der Waals surface area contributed by atoms with E-state index in [4.69, 9.17) is 0 Å². The molecule has 0 aliphatic heterocycles. The Morgan fingerprint density at radius 3 is 2.75 bits per heavy atom. The van der Waals surface area contributed by atoms with Crippen LogP contribution in [-0.2, 0) is 13.6 Å². The molecule has 1 heterocycles. The van der Waals surface area contributed by atoms with Crippen LogP contribution in [0.4, 0.5) is 5.82 Å². The fourth-order valence-electron chi connectivity index (χ4n) is 2.06. The van der Waals surface area contributed by atoms with Gasteiger partial charge in [-0.2, -0.15) is 5.10 Å². The predicted octanol–water partition coefficient (Wildman–Crippen LogP) is 1.44. The van der Waals surface area contributed by atoms with Crippen molar-refractivity contribution in [3.8, 4) is 0 Å². The van der Waals surface area contributed by atoms with Crippen molar-refractivity contribution in [2.75, 3.05) is 18.5 Å². The molecule has 1 aliphatic rings. The van der Waals surface area contributed by atoms with E-state index in [1.807, 2.05) is 11.7 Å². The van der Waals surface area contributed by atoms with E-state index in [9.17, 15) is 0 Å². The molecule has 1 aromatic rings. The topological polar surface area (TPSA) is 33.1 Å². The summed E-state index contributed by atoms with van der Waals surface area (Å²) in [7, 11) is 4.15. The Balaban J connectivity index is 2.18. The zero-order chi connectivity index (χ0) is 11.7. The zero-order valence-corrected chi connectivity index (χ0v) is 10.7. The first-order chi connectivity index (χ1) is 7.63. The predicted molar refractivity (Wildman–Crippen MR) is 66.8 cm³/mol. The third-order valence-electron chi connectivity index (χ3n) is 3.29. The number of anilines is 1. The smallest absolute Gasteiger partial charge is 0.131 e. The van der Waals surface area contributed by atoms with Crippen LogP contribution in [-0.4, -0.2) is 29.4 Å². The van der Waals surface area contributed by atoms with E-state index in [0.717, 1.165) is 24.8 Å². The van der Waals surface area contributed by atoms with Crippen LogP contribution < -0.4 is 10.2 Å². The summed E-state index contributed by atoms with van der Waals surface area (Å²) >= 11 is 0. The van der Waals surface area contributed by atoms with Gasteiger partial charge < -0.3 is 10.2 Å². The Morgan fingerprint density at radius 1 is 1.50 bits per heavy atom. The fourth-order valence-corrected chi connectivity index (χ4v) is 2.06. The van der Waals surface area contributed by atoms with Crippen LogP contribution in [0, 0.1) is 6.92 Å². The van der Waals surface area contributed by atoms with E-state index >= 15 is 0 Å². The first kappa shape index (κ1) is 11.5. The lowest BCUT2D eigenvalue weighted by Gasteiger charge is -2.19. The van der Waals surface area contributed by atoms with E-state index in [-0.39, 0.29) is 0 Å². The van der Waals surface area contributed by atoms with Gasteiger partial charge in [0.25, 0.3) is 0 Å². The Kier molecular flexibility index (Phi) is 3.19. The molecule has 1 saturated carbocycles. The van der Waals surface area contributed by atoms with E-state index in [1.165, 1.54) is 24.2 Å². The molecule has 1 aromatic heterocycles. The van der Waals surface area contributed by atoms with Gasteiger partial charge in [-0.1, -0.05) is 0 Å². The normalized spacial score (nSPS) is 15.5. The molecule has 0 unspecified atom stereocenters. The van der Waals surface area contributed by atoms with Gasteiger partial charge in [0.2, 0.25) is 0 Å². The third kappa shape index (κ3) is 2.21. The highest BCUT2D eigenvalue weighted by Gasteiger charge is 2.22. The standard InChI is InChI=1S/C12H22N4/c1-5-15(3)12-11(8-13-10-6-7-10)9(2)14-16(12)4/h10,13H,5-8H2,1-4H3. The maximum atomic E-state index is 4.51. The van der Waals surface area contributed by atoms with Crippen LogP contribution in [0.3, 0.4) is 0 Å². The van der Waals surface area contributed by atoms with Gasteiger partial charge in [-0.15, -0.1) is 0 Å². The maximum absolute atomic E-state index is 4.51. The summed E-state index contributed by atoms with van der Waals surface area (Å²) in [5, 5.41) is 8.08. The molecule has 16 heavy (non-hydrogen) atoms. The second-order valence-electron chi connectivity index (χ2n) is 4.68. The molecule has 1 aliphatic carbocycles. The van der Waals surface area contributed by atoms with Gasteiger partial charge in [0.05, 0.1) is 5.69 Å². The lowest BCUT2D eigenvalue weighted by atomic mass is 10.2. The van der Waals surface area contributed by atoms with E-state index in [0.29, 0.717) is 0 Å². The molecule has 1 fully saturated rings. The van der Waals surface area contributed by atoms with Crippen molar-refractivity contribution < 1.29 is 0 Å². The molecule has 0 atom stereocenters. The molecular formula is C12H22N4. The minimum absolute atomic E-state index is 0.749. The average molecular weight is 222 g/mol. The van der Waals surface area contributed by atoms with Crippen LogP contribution >= 0.6 is 0 Å². The number of hydrogen-bond donors (Lipinski definition) is 1. The SMILES string of the molecule is CCN(C)c1c(CNC2CC2)c(C)nn1C. The molecule has 0 bridgehead atoms. The van der Waals surface area contributed by atoms with Gasteiger partial charge in [0.15, 0.2) is 0 Å². The third-order valence-corrected chi connectivity index (χ3v) is 3.29. The number of rotatable bonds is 5. The molecule has 4 nitrogen and oxygen atoms in total. The van der Waals surface area contributed by atoms with Gasteiger partial charge in [-0.05, 0) is 26.7 Å². The van der Waals surface area contributed by atoms with Crippen molar-refractivity contribution in [1.82, 2.24) is 15.1 Å². The Morgan fingerprint density at radius 2 is 2.19 bits per heavy atom. The number of aromatic nitrogens is 2. The summed E-state index contributed by atoms with van der Waals surface area (Å²) in [5.74, 6) is 1.24. The quantitative estimate of drug-likeness (QED) is 0.818. The minimum Gasteiger partial charge on any atom is -0.360 e. The number of hydrogen-bond acceptors (Lipinski definition) is 3. The summed E-state index contributed by atoms with van der Waals surface area (Å²) in [4.78, 5) is 2.25. The fraction of sp³-hybridized carbons (Fsp3) is 0.750. The summed E-state index contributed by atoms with van der Waals surface area (Å²) < 4.78 is 1.99. The second-order valence-corrected chi connectivity index (χ2v) is 4.68. The zero-order valence-electron chi connectivity index (χ0n) is 10.7. The Bertz CT molecular complexity index is 365. The van der Waals surface area contributed by atoms with Crippen LogP contribution in [0.5, 0.6) is 0 Å². The summed E-state index contributed by atoms with van der Waals surface area (Å²) in [6.07, 6.45) is 2.66. The first-order valence-corrected chi connectivity index (χ1v) is 6.10. The number of aryl methyl sites for hydroxylation is 2. The number of nitrogens with one attached hydrogen (secondary N) is 1. The van der Waals surface area contributed by atoms with Gasteiger partial charge in [-0.25, -0.2) is 0 Å². The Hall–Kier alpha value is -1.03. The summed E-state index contributed by atoms with van der Waals surface area (Å²) in [5.41, 5.74) is 2.49. The molecule has 0 spiro atoms. The molecule has 0 amide bonds. The largest absolute Gasteiger partial charge is 0.360 e. The maximum Gasteiger partial charge on any atom is 0.131 e. The molecule has 4 heteroatoms. The van der Waals surface area contributed by atoms with Gasteiger partial charge in [-0.3, -0.25) is 4.68 Å². The van der Waals surface area contributed by atoms with Crippen LogP contribution in [0.25, 0.3) is 0 Å². The van der Waals surface area contributed by atoms with Crippen LogP contribution in [0.15, 0.2) is 0 Å². The highest BCUT2D eigenvalue weighted by molar-refractivity contribution is 5.49. The van der Waals surface area contributed by atoms with Crippen molar-refractivity contribution in [2.45, 2.75) is 39.3 Å². The van der Waals surface area contributed by atoms with Crippen molar-refractivity contribution in [1.29, 1.82) is 0 Å². The number of nitrogens with zero attached hydrogens (tertiary/aromatic N) is 3. The van der Waals surface area contributed by atoms with Crippen molar-refractivity contribution in [3.05, 3.63) is 11.3 Å². The Labute approximate surface area is 97.6 Å². The van der Waals surface area contributed by atoms with Gasteiger partial charge >= 0.3 is 0 Å². The van der Waals surface area contributed by atoms with E-state index < -0.39 is 0 Å². The summed E-state index contributed by atoms with van der Waals surface area (Å²) in [6.45, 7) is 6.22. The molecular weight excluding hydrogens is 200 g/mol. The monoisotopic (exact) mass is 222 g/mol. The van der Waals surface area contributed by atoms with Gasteiger partial charge in [0.1, 0.15) is 5.82 Å².